The van der Waals surface area contributed by atoms with Gasteiger partial charge in [0.2, 0.25) is 5.76 Å². The second-order valence-electron chi connectivity index (χ2n) is 3.25. The highest BCUT2D eigenvalue weighted by Gasteiger charge is 2.17. The van der Waals surface area contributed by atoms with Gasteiger partial charge in [-0.25, -0.2) is 9.78 Å². The summed E-state index contributed by atoms with van der Waals surface area (Å²) in [4.78, 5) is 15.2. The molecule has 6 heteroatoms. The number of hydrogen-bond acceptors (Lipinski definition) is 6. The minimum Gasteiger partial charge on any atom is -0.463 e. The number of oxazole rings is 1. The van der Waals surface area contributed by atoms with Gasteiger partial charge in [0.15, 0.2) is 0 Å². The second kappa shape index (κ2) is 5.09. The number of methoxy groups -OCH3 is 1. The van der Waals surface area contributed by atoms with Gasteiger partial charge < -0.3 is 13.6 Å². The highest BCUT2D eigenvalue weighted by Crippen LogP contribution is 2.34. The lowest BCUT2D eigenvalue weighted by Crippen LogP contribution is -1.98. The zero-order chi connectivity index (χ0) is 12.3. The van der Waals surface area contributed by atoms with Crippen molar-refractivity contribution in [3.05, 3.63) is 36.1 Å². The number of rotatable bonds is 4. The van der Waals surface area contributed by atoms with Gasteiger partial charge in [0.05, 0.1) is 18.6 Å². The highest BCUT2D eigenvalue weighted by molar-refractivity contribution is 7.99. The van der Waals surface area contributed by atoms with Gasteiger partial charge in [-0.05, 0) is 19.1 Å². The lowest BCUT2D eigenvalue weighted by molar-refractivity contribution is 0.0563. The standard InChI is InChI=1S/C11H11NO4S/c1-7(17-11-12-5-6-15-11)8-3-4-9(16-8)10(13)14-2/h3-7H,1-2H3. The summed E-state index contributed by atoms with van der Waals surface area (Å²) in [5, 5.41) is 0.570. The summed E-state index contributed by atoms with van der Waals surface area (Å²) in [6, 6.07) is 3.33. The van der Waals surface area contributed by atoms with Gasteiger partial charge >= 0.3 is 5.97 Å². The number of nitrogens with zero attached hydrogens (tertiary/aromatic N) is 1. The maximum Gasteiger partial charge on any atom is 0.373 e. The Bertz CT molecular complexity index is 491. The Hall–Kier alpha value is -1.69. The third-order valence-corrected chi connectivity index (χ3v) is 3.09. The Labute approximate surface area is 102 Å². The number of furan rings is 1. The van der Waals surface area contributed by atoms with E-state index in [1.165, 1.54) is 25.1 Å². The summed E-state index contributed by atoms with van der Waals surface area (Å²) in [6.07, 6.45) is 3.09. The molecule has 0 radical (unpaired) electrons. The Morgan fingerprint density at radius 2 is 2.35 bits per heavy atom. The molecule has 0 aromatic carbocycles. The molecule has 1 unspecified atom stereocenters. The molecule has 0 N–H and O–H groups in total. The number of carbonyl (C=O) groups is 1. The third-order valence-electron chi connectivity index (χ3n) is 2.10. The largest absolute Gasteiger partial charge is 0.463 e. The fourth-order valence-electron chi connectivity index (χ4n) is 1.26. The number of thioether (sulfide) groups is 1. The van der Waals surface area contributed by atoms with Crippen LogP contribution in [0.4, 0.5) is 0 Å². The molecule has 1 atom stereocenters. The number of esters is 1. The Balaban J connectivity index is 2.07. The van der Waals surface area contributed by atoms with Crippen molar-refractivity contribution in [2.24, 2.45) is 0 Å². The molecule has 0 saturated carbocycles. The number of ether oxygens (including phenoxy) is 1. The van der Waals surface area contributed by atoms with Gasteiger partial charge in [-0.3, -0.25) is 0 Å². The molecule has 2 aromatic rings. The first-order chi connectivity index (χ1) is 8.20. The molecule has 2 rings (SSSR count). The molecular formula is C11H11NO4S. The average molecular weight is 253 g/mol. The SMILES string of the molecule is COC(=O)c1ccc(C(C)Sc2ncco2)o1. The van der Waals surface area contributed by atoms with Gasteiger partial charge in [0, 0.05) is 0 Å². The lowest BCUT2D eigenvalue weighted by Gasteiger charge is -2.04. The van der Waals surface area contributed by atoms with E-state index in [-0.39, 0.29) is 11.0 Å². The van der Waals surface area contributed by atoms with Crippen LogP contribution in [0, 0.1) is 0 Å². The van der Waals surface area contributed by atoms with Gasteiger partial charge in [0.1, 0.15) is 12.0 Å². The second-order valence-corrected chi connectivity index (χ2v) is 4.54. The van der Waals surface area contributed by atoms with Gasteiger partial charge in [-0.15, -0.1) is 0 Å². The average Bonchev–Trinajstić information content (AvgIpc) is 2.98. The zero-order valence-corrected chi connectivity index (χ0v) is 10.2. The van der Waals surface area contributed by atoms with Crippen LogP contribution in [-0.2, 0) is 4.74 Å². The summed E-state index contributed by atoms with van der Waals surface area (Å²) < 4.78 is 15.1. The van der Waals surface area contributed by atoms with Gasteiger partial charge in [-0.1, -0.05) is 11.8 Å². The van der Waals surface area contributed by atoms with E-state index in [9.17, 15) is 4.79 Å². The maximum atomic E-state index is 11.2. The first-order valence-electron chi connectivity index (χ1n) is 4.95. The summed E-state index contributed by atoms with van der Waals surface area (Å²) in [5.74, 6) is 0.389. The van der Waals surface area contributed by atoms with Crippen molar-refractivity contribution in [2.75, 3.05) is 7.11 Å². The fourth-order valence-corrected chi connectivity index (χ4v) is 2.04. The summed E-state index contributed by atoms with van der Waals surface area (Å²) in [6.45, 7) is 1.94. The van der Waals surface area contributed by atoms with E-state index in [4.69, 9.17) is 8.83 Å². The Morgan fingerprint density at radius 1 is 1.53 bits per heavy atom. The van der Waals surface area contributed by atoms with Crippen molar-refractivity contribution in [3.8, 4) is 0 Å². The van der Waals surface area contributed by atoms with Gasteiger partial charge in [-0.2, -0.15) is 0 Å². The molecule has 0 amide bonds. The van der Waals surface area contributed by atoms with Crippen LogP contribution in [0.1, 0.15) is 28.5 Å². The van der Waals surface area contributed by atoms with Crippen molar-refractivity contribution in [3.63, 3.8) is 0 Å². The smallest absolute Gasteiger partial charge is 0.373 e. The van der Waals surface area contributed by atoms with Crippen molar-refractivity contribution >= 4 is 17.7 Å². The van der Waals surface area contributed by atoms with Crippen LogP contribution in [0.2, 0.25) is 0 Å². The molecule has 0 spiro atoms. The molecule has 2 heterocycles. The quantitative estimate of drug-likeness (QED) is 0.616. The van der Waals surface area contributed by atoms with E-state index in [0.717, 1.165) is 0 Å². The van der Waals surface area contributed by atoms with Crippen molar-refractivity contribution < 1.29 is 18.4 Å². The molecule has 17 heavy (non-hydrogen) atoms. The topological polar surface area (TPSA) is 65.5 Å². The van der Waals surface area contributed by atoms with Crippen molar-refractivity contribution in [1.29, 1.82) is 0 Å². The molecule has 0 fully saturated rings. The number of carbonyl (C=O) groups excluding carboxylic acids is 1. The third kappa shape index (κ3) is 2.71. The minimum atomic E-state index is -0.482. The van der Waals surface area contributed by atoms with Crippen molar-refractivity contribution in [1.82, 2.24) is 4.98 Å². The molecule has 0 aliphatic rings. The van der Waals surface area contributed by atoms with E-state index in [1.807, 2.05) is 6.92 Å². The predicted molar refractivity (Wildman–Crippen MR) is 60.8 cm³/mol. The normalized spacial score (nSPS) is 12.4. The molecule has 90 valence electrons. The summed E-state index contributed by atoms with van der Waals surface area (Å²) in [5.41, 5.74) is 0. The maximum absolute atomic E-state index is 11.2. The Kier molecular flexibility index (Phi) is 3.53. The van der Waals surface area contributed by atoms with Crippen LogP contribution in [-0.4, -0.2) is 18.1 Å². The van der Waals surface area contributed by atoms with Crippen LogP contribution in [0.5, 0.6) is 0 Å². The van der Waals surface area contributed by atoms with Crippen LogP contribution in [0.3, 0.4) is 0 Å². The monoisotopic (exact) mass is 253 g/mol. The number of hydrogen-bond donors (Lipinski definition) is 0. The molecule has 2 aromatic heterocycles. The van der Waals surface area contributed by atoms with Gasteiger partial charge in [0.25, 0.3) is 5.22 Å². The zero-order valence-electron chi connectivity index (χ0n) is 9.38. The van der Waals surface area contributed by atoms with Crippen molar-refractivity contribution in [2.45, 2.75) is 17.4 Å². The van der Waals surface area contributed by atoms with Crippen LogP contribution in [0.25, 0.3) is 0 Å². The van der Waals surface area contributed by atoms with E-state index in [1.54, 1.807) is 18.3 Å². The van der Waals surface area contributed by atoms with E-state index < -0.39 is 5.97 Å². The Morgan fingerprint density at radius 3 is 3.00 bits per heavy atom. The van der Waals surface area contributed by atoms with Crippen LogP contribution in [0.15, 0.2) is 38.6 Å². The minimum absolute atomic E-state index is 0.00653. The lowest BCUT2D eigenvalue weighted by atomic mass is 10.3. The molecular weight excluding hydrogens is 242 g/mol. The van der Waals surface area contributed by atoms with E-state index >= 15 is 0 Å². The summed E-state index contributed by atoms with van der Waals surface area (Å²) in [7, 11) is 1.31. The first kappa shape index (κ1) is 11.8. The molecule has 0 aliphatic carbocycles. The molecule has 0 aliphatic heterocycles. The first-order valence-corrected chi connectivity index (χ1v) is 5.83. The van der Waals surface area contributed by atoms with Crippen LogP contribution < -0.4 is 0 Å². The predicted octanol–water partition coefficient (Wildman–Crippen LogP) is 2.91. The highest BCUT2D eigenvalue weighted by atomic mass is 32.2. The molecule has 0 bridgehead atoms. The summed E-state index contributed by atoms with van der Waals surface area (Å²) >= 11 is 1.41. The van der Waals surface area contributed by atoms with E-state index in [0.29, 0.717) is 11.0 Å². The van der Waals surface area contributed by atoms with E-state index in [2.05, 4.69) is 9.72 Å². The number of aromatic nitrogens is 1. The van der Waals surface area contributed by atoms with Crippen LogP contribution >= 0.6 is 11.8 Å². The molecule has 0 saturated heterocycles. The fraction of sp³-hybridized carbons (Fsp3) is 0.273. The molecule has 5 nitrogen and oxygen atoms in total.